The van der Waals surface area contributed by atoms with Crippen LogP contribution in [-0.2, 0) is 25.4 Å². The summed E-state index contributed by atoms with van der Waals surface area (Å²) >= 11 is 1.68. The van der Waals surface area contributed by atoms with E-state index in [1.807, 2.05) is 66.8 Å². The summed E-state index contributed by atoms with van der Waals surface area (Å²) in [5, 5.41) is 17.9. The summed E-state index contributed by atoms with van der Waals surface area (Å²) in [6, 6.07) is 23.3. The average Bonchev–Trinajstić information content (AvgIpc) is 3.28. The Morgan fingerprint density at radius 1 is 0.648 bits per heavy atom. The number of carbonyl (C=O) groups is 4. The highest BCUT2D eigenvalue weighted by Gasteiger charge is 2.34. The van der Waals surface area contributed by atoms with Crippen LogP contribution in [-0.4, -0.2) is 189 Å². The van der Waals surface area contributed by atoms with E-state index in [-0.39, 0.29) is 88.0 Å². The number of para-hydroxylation sites is 1. The van der Waals surface area contributed by atoms with E-state index in [0.29, 0.717) is 45.1 Å². The molecule has 3 heterocycles. The summed E-state index contributed by atoms with van der Waals surface area (Å²) in [4.78, 5) is 87.4. The van der Waals surface area contributed by atoms with E-state index in [1.54, 1.807) is 66.2 Å². The average molecular weight is 1230 g/mol. The van der Waals surface area contributed by atoms with Gasteiger partial charge in [-0.25, -0.2) is 19.4 Å². The molecule has 480 valence electrons. The number of anilines is 3. The molecule has 21 nitrogen and oxygen atoms in total. The number of aromatic nitrogens is 4. The summed E-state index contributed by atoms with van der Waals surface area (Å²) in [5.41, 5.74) is 1.61. The number of likely N-dealkylation sites (N-methyl/N-ethyl adjacent to an activating group) is 1. The van der Waals surface area contributed by atoms with Crippen LogP contribution in [0.25, 0.3) is 20.8 Å². The number of thiazole rings is 1. The molecule has 4 amide bonds. The van der Waals surface area contributed by atoms with Gasteiger partial charge in [0.1, 0.15) is 40.2 Å². The van der Waals surface area contributed by atoms with Crippen LogP contribution >= 0.6 is 11.3 Å². The fraction of sp³-hybridized carbons (Fsp3) is 0.606. The first-order valence-corrected chi connectivity index (χ1v) is 32.6. The zero-order valence-corrected chi connectivity index (χ0v) is 54.5. The van der Waals surface area contributed by atoms with E-state index in [1.165, 1.54) is 17.7 Å². The second kappa shape index (κ2) is 30.8. The van der Waals surface area contributed by atoms with Gasteiger partial charge in [0.25, 0.3) is 0 Å². The van der Waals surface area contributed by atoms with E-state index >= 15 is 0 Å². The molecule has 1 atom stereocenters. The lowest BCUT2D eigenvalue weighted by Crippen LogP contribution is -2.51. The number of hydrogen-bond acceptors (Lipinski definition) is 18. The molecular formula is C66H96N12O9S. The van der Waals surface area contributed by atoms with Crippen molar-refractivity contribution >= 4 is 63.3 Å². The molecule has 3 aromatic carbocycles. The topological polar surface area (TPSA) is 220 Å². The first kappa shape index (κ1) is 66.7. The van der Waals surface area contributed by atoms with Crippen LogP contribution in [0.1, 0.15) is 139 Å². The lowest BCUT2D eigenvalue weighted by atomic mass is 9.89. The summed E-state index contributed by atoms with van der Waals surface area (Å²) in [7, 11) is 2.03. The molecule has 2 aliphatic carbocycles. The normalized spacial score (nSPS) is 16.9. The maximum Gasteiger partial charge on any atom is 0.410 e. The molecule has 8 rings (SSSR count). The van der Waals surface area contributed by atoms with Gasteiger partial charge in [0, 0.05) is 95.7 Å². The Labute approximate surface area is 524 Å². The monoisotopic (exact) mass is 1230 g/mol. The van der Waals surface area contributed by atoms with Crippen LogP contribution in [0.5, 0.6) is 11.8 Å². The number of fused-ring (bicyclic) bond motifs is 1. The number of carbonyl (C=O) groups excluding carboxylic acids is 4. The third-order valence-corrected chi connectivity index (χ3v) is 16.9. The number of phenols is 1. The summed E-state index contributed by atoms with van der Waals surface area (Å²) < 4.78 is 25.2. The molecule has 22 heteroatoms. The van der Waals surface area contributed by atoms with E-state index in [4.69, 9.17) is 38.9 Å². The largest absolute Gasteiger partial charge is 0.508 e. The number of nitrogens with one attached hydrogen (secondary N) is 2. The second-order valence-electron chi connectivity index (χ2n) is 26.5. The van der Waals surface area contributed by atoms with Crippen molar-refractivity contribution in [1.29, 1.82) is 0 Å². The molecule has 1 saturated heterocycles. The van der Waals surface area contributed by atoms with Crippen LogP contribution in [0.3, 0.4) is 0 Å². The first-order chi connectivity index (χ1) is 41.9. The quantitative estimate of drug-likeness (QED) is 0.0548. The summed E-state index contributed by atoms with van der Waals surface area (Å²) in [5.74, 6) is 0.620. The minimum Gasteiger partial charge on any atom is -0.508 e. The fourth-order valence-electron chi connectivity index (χ4n) is 11.3. The van der Waals surface area contributed by atoms with Gasteiger partial charge in [0.05, 0.1) is 16.8 Å². The smallest absolute Gasteiger partial charge is 0.410 e. The van der Waals surface area contributed by atoms with Crippen LogP contribution in [0.15, 0.2) is 72.8 Å². The highest BCUT2D eigenvalue weighted by molar-refractivity contribution is 7.21. The number of ether oxygens (including phenoxy) is 4. The molecular weight excluding hydrogens is 1140 g/mol. The molecule has 0 radical (unpaired) electrons. The van der Waals surface area contributed by atoms with Crippen molar-refractivity contribution in [3.05, 3.63) is 78.4 Å². The Morgan fingerprint density at radius 3 is 1.69 bits per heavy atom. The maximum atomic E-state index is 14.8. The third kappa shape index (κ3) is 20.7. The molecule has 88 heavy (non-hydrogen) atoms. The summed E-state index contributed by atoms with van der Waals surface area (Å²) in [6.45, 7) is 19.9. The summed E-state index contributed by atoms with van der Waals surface area (Å²) in [6.07, 6.45) is 10.4. The van der Waals surface area contributed by atoms with Gasteiger partial charge < -0.3 is 59.2 Å². The number of aromatic hydroxyl groups is 1. The van der Waals surface area contributed by atoms with Gasteiger partial charge in [0.15, 0.2) is 0 Å². The molecule has 1 aliphatic heterocycles. The first-order valence-electron chi connectivity index (χ1n) is 31.7. The van der Waals surface area contributed by atoms with Crippen molar-refractivity contribution in [2.45, 2.75) is 174 Å². The molecule has 0 bridgehead atoms. The molecule has 1 unspecified atom stereocenters. The minimum atomic E-state index is -0.853. The van der Waals surface area contributed by atoms with Crippen molar-refractivity contribution in [3.8, 4) is 22.3 Å². The number of hydrogen-bond donors (Lipinski definition) is 3. The Hall–Kier alpha value is -7.20. The van der Waals surface area contributed by atoms with Gasteiger partial charge in [-0.05, 0) is 155 Å². The Kier molecular flexibility index (Phi) is 23.4. The van der Waals surface area contributed by atoms with Crippen molar-refractivity contribution < 1.29 is 43.2 Å². The SMILES string of the molecule is CN(CCOc1nc(NC(Cc2ccc(O)cc2)C(=O)NCCCN2CCN(C(=O)OC(C)(C)C)CCN(C(=O)OC(C)(C)C)CCN(C(=O)OC(C)(C)C)CC2)nc(N(C2CCCCC2)C2CCCCC2)n1)c1ccc(-c2nc3ccccc3s2)cc1. The molecule has 2 aromatic heterocycles. The van der Waals surface area contributed by atoms with Crippen molar-refractivity contribution in [2.75, 3.05) is 101 Å². The van der Waals surface area contributed by atoms with Crippen LogP contribution in [0.4, 0.5) is 32.0 Å². The van der Waals surface area contributed by atoms with Gasteiger partial charge in [-0.1, -0.05) is 62.8 Å². The highest BCUT2D eigenvalue weighted by Crippen LogP contribution is 2.35. The van der Waals surface area contributed by atoms with Gasteiger partial charge in [0.2, 0.25) is 17.8 Å². The van der Waals surface area contributed by atoms with Crippen LogP contribution < -0.4 is 25.2 Å². The molecule has 2 saturated carbocycles. The predicted molar refractivity (Wildman–Crippen MR) is 347 cm³/mol. The lowest BCUT2D eigenvalue weighted by Gasteiger charge is -2.41. The Bertz CT molecular complexity index is 2950. The zero-order chi connectivity index (χ0) is 63.0. The minimum absolute atomic E-state index is 0.118. The van der Waals surface area contributed by atoms with Crippen LogP contribution in [0.2, 0.25) is 0 Å². The van der Waals surface area contributed by atoms with E-state index in [9.17, 15) is 24.3 Å². The lowest BCUT2D eigenvalue weighted by molar-refractivity contribution is -0.121. The molecule has 3 N–H and O–H groups in total. The van der Waals surface area contributed by atoms with Crippen molar-refractivity contribution in [2.24, 2.45) is 0 Å². The van der Waals surface area contributed by atoms with E-state index in [2.05, 4.69) is 55.7 Å². The van der Waals surface area contributed by atoms with E-state index < -0.39 is 41.1 Å². The van der Waals surface area contributed by atoms with Crippen molar-refractivity contribution in [3.63, 3.8) is 0 Å². The zero-order valence-electron chi connectivity index (χ0n) is 53.7. The van der Waals surface area contributed by atoms with Crippen molar-refractivity contribution in [1.82, 2.24) is 44.9 Å². The fourth-order valence-corrected chi connectivity index (χ4v) is 12.2. The maximum absolute atomic E-state index is 14.8. The van der Waals surface area contributed by atoms with Gasteiger partial charge in [-0.15, -0.1) is 11.3 Å². The third-order valence-electron chi connectivity index (χ3n) is 15.8. The number of rotatable bonds is 18. The predicted octanol–water partition coefficient (Wildman–Crippen LogP) is 11.4. The number of amides is 4. The molecule has 5 aromatic rings. The molecule has 3 fully saturated rings. The van der Waals surface area contributed by atoms with E-state index in [0.717, 1.165) is 83.4 Å². The molecule has 0 spiro atoms. The van der Waals surface area contributed by atoms with Gasteiger partial charge >= 0.3 is 24.3 Å². The molecule has 3 aliphatic rings. The number of nitrogens with zero attached hydrogens (tertiary/aromatic N) is 10. The highest BCUT2D eigenvalue weighted by atomic mass is 32.1. The Morgan fingerprint density at radius 2 is 1.17 bits per heavy atom. The number of phenolic OH excluding ortho intramolecular Hbond substituents is 1. The second-order valence-corrected chi connectivity index (χ2v) is 27.5. The number of benzene rings is 3. The van der Waals surface area contributed by atoms with Crippen LogP contribution in [0, 0.1) is 0 Å². The Balaban J connectivity index is 0.998. The van der Waals surface area contributed by atoms with Gasteiger partial charge in [-0.3, -0.25) is 9.69 Å². The standard InChI is InChI=1S/C66H96N12O9S/c1-64(2,3)85-61(81)75-38-36-74(37-39-76(62(82)86-65(4,5)6)41-43-77(42-40-75)63(83)87-66(7,8)9)35-19-34-67-56(80)54(46-47-26-32-52(79)33-27-47)69-58-70-59(78(50-20-13-11-14-21-50)51-22-15-12-16-23-51)72-60(71-58)84-45-44-73(10)49-30-28-48(29-31-49)57-68-53-24-17-18-25-55(53)88-57/h17-18,24-33,50-51,54,79H,11-16,19-23,34-46H2,1-10H3,(H,67,80)(H,69,70,71,72). The van der Waals surface area contributed by atoms with Gasteiger partial charge in [-0.2, -0.15) is 15.0 Å².